The van der Waals surface area contributed by atoms with E-state index in [9.17, 15) is 0 Å². The van der Waals surface area contributed by atoms with Crippen LogP contribution in [0, 0.1) is 0 Å². The number of aromatic nitrogens is 4. The van der Waals surface area contributed by atoms with Crippen molar-refractivity contribution >= 4 is 0 Å². The van der Waals surface area contributed by atoms with Gasteiger partial charge >= 0.3 is 0 Å². The fourth-order valence-corrected chi connectivity index (χ4v) is 2.93. The molecule has 0 spiro atoms. The second-order valence-electron chi connectivity index (χ2n) is 6.30. The molecular formula is C21H21N5. The van der Waals surface area contributed by atoms with Crippen LogP contribution in [-0.2, 0) is 6.54 Å². The first-order valence-electron chi connectivity index (χ1n) is 8.68. The quantitative estimate of drug-likeness (QED) is 0.577. The minimum Gasteiger partial charge on any atom is -0.306 e. The van der Waals surface area contributed by atoms with Crippen LogP contribution >= 0.6 is 0 Å². The van der Waals surface area contributed by atoms with Gasteiger partial charge in [-0.1, -0.05) is 24.3 Å². The van der Waals surface area contributed by atoms with Crippen molar-refractivity contribution in [2.75, 3.05) is 0 Å². The van der Waals surface area contributed by atoms with Crippen LogP contribution in [-0.4, -0.2) is 19.1 Å². The molecule has 0 unspecified atom stereocenters. The summed E-state index contributed by atoms with van der Waals surface area (Å²) in [5, 5.41) is 3.59. The summed E-state index contributed by atoms with van der Waals surface area (Å²) < 4.78 is 4.01. The zero-order valence-corrected chi connectivity index (χ0v) is 14.7. The average molecular weight is 343 g/mol. The number of hydrogen-bond acceptors (Lipinski definition) is 3. The molecule has 2 heterocycles. The highest BCUT2D eigenvalue weighted by molar-refractivity contribution is 5.36. The third-order valence-corrected chi connectivity index (χ3v) is 4.55. The van der Waals surface area contributed by atoms with Crippen LogP contribution in [0.3, 0.4) is 0 Å². The Labute approximate surface area is 153 Å². The largest absolute Gasteiger partial charge is 0.306 e. The molecule has 4 rings (SSSR count). The van der Waals surface area contributed by atoms with Crippen LogP contribution in [0.2, 0.25) is 0 Å². The zero-order chi connectivity index (χ0) is 17.8. The first-order chi connectivity index (χ1) is 12.8. The molecule has 130 valence electrons. The summed E-state index contributed by atoms with van der Waals surface area (Å²) in [6, 6.07) is 17.4. The van der Waals surface area contributed by atoms with Gasteiger partial charge < -0.3 is 14.5 Å². The molecule has 0 amide bonds. The molecule has 0 radical (unpaired) electrons. The SMILES string of the molecule is C[C@@H](NCc1ccc(-n2ccnc2)cc1)c1ccc(-n2ccnc2)cc1. The Bertz CT molecular complexity index is 923. The molecule has 4 aromatic rings. The lowest BCUT2D eigenvalue weighted by molar-refractivity contribution is 0.574. The Balaban J connectivity index is 1.37. The molecule has 1 atom stereocenters. The number of hydrogen-bond donors (Lipinski definition) is 1. The van der Waals surface area contributed by atoms with Gasteiger partial charge in [0.2, 0.25) is 0 Å². The van der Waals surface area contributed by atoms with E-state index in [1.165, 1.54) is 11.1 Å². The summed E-state index contributed by atoms with van der Waals surface area (Å²) >= 11 is 0. The van der Waals surface area contributed by atoms with Gasteiger partial charge in [0.05, 0.1) is 12.7 Å². The van der Waals surface area contributed by atoms with Gasteiger partial charge in [0.15, 0.2) is 0 Å². The normalized spacial score (nSPS) is 12.2. The molecule has 26 heavy (non-hydrogen) atoms. The highest BCUT2D eigenvalue weighted by Crippen LogP contribution is 2.17. The monoisotopic (exact) mass is 343 g/mol. The lowest BCUT2D eigenvalue weighted by atomic mass is 10.1. The highest BCUT2D eigenvalue weighted by Gasteiger charge is 2.06. The summed E-state index contributed by atoms with van der Waals surface area (Å²) in [5.74, 6) is 0. The zero-order valence-electron chi connectivity index (χ0n) is 14.7. The van der Waals surface area contributed by atoms with E-state index in [2.05, 4.69) is 70.7 Å². The average Bonchev–Trinajstić information content (AvgIpc) is 3.40. The molecule has 0 aliphatic carbocycles. The van der Waals surface area contributed by atoms with Gasteiger partial charge in [0.25, 0.3) is 0 Å². The lowest BCUT2D eigenvalue weighted by Gasteiger charge is -2.15. The standard InChI is InChI=1S/C21H21N5/c1-17(19-4-8-21(9-5-19)26-13-11-23-16-26)24-14-18-2-6-20(7-3-18)25-12-10-22-15-25/h2-13,15-17,24H,14H2,1H3/t17-/m1/s1. The molecular weight excluding hydrogens is 322 g/mol. The number of nitrogens with one attached hydrogen (secondary N) is 1. The van der Waals surface area contributed by atoms with Crippen molar-refractivity contribution < 1.29 is 0 Å². The van der Waals surface area contributed by atoms with Crippen LogP contribution < -0.4 is 5.32 Å². The van der Waals surface area contributed by atoms with E-state index in [0.717, 1.165) is 17.9 Å². The lowest BCUT2D eigenvalue weighted by Crippen LogP contribution is -2.18. The minimum absolute atomic E-state index is 0.278. The maximum Gasteiger partial charge on any atom is 0.0991 e. The molecule has 5 heteroatoms. The first-order valence-corrected chi connectivity index (χ1v) is 8.68. The summed E-state index contributed by atoms with van der Waals surface area (Å²) in [5.41, 5.74) is 4.77. The highest BCUT2D eigenvalue weighted by atomic mass is 15.0. The Hall–Kier alpha value is -3.18. The van der Waals surface area contributed by atoms with E-state index in [-0.39, 0.29) is 6.04 Å². The smallest absolute Gasteiger partial charge is 0.0991 e. The predicted octanol–water partition coefficient (Wildman–Crippen LogP) is 3.91. The molecule has 2 aromatic carbocycles. The van der Waals surface area contributed by atoms with Crippen molar-refractivity contribution in [3.63, 3.8) is 0 Å². The summed E-state index contributed by atoms with van der Waals surface area (Å²) in [7, 11) is 0. The van der Waals surface area contributed by atoms with Gasteiger partial charge in [0.1, 0.15) is 0 Å². The molecule has 0 fully saturated rings. The van der Waals surface area contributed by atoms with Crippen LogP contribution in [0.25, 0.3) is 11.4 Å². The Morgan fingerprint density at radius 3 is 1.85 bits per heavy atom. The second-order valence-corrected chi connectivity index (χ2v) is 6.30. The van der Waals surface area contributed by atoms with Crippen molar-refractivity contribution in [2.24, 2.45) is 0 Å². The Morgan fingerprint density at radius 1 is 0.808 bits per heavy atom. The number of rotatable bonds is 6. The van der Waals surface area contributed by atoms with Gasteiger partial charge in [-0.2, -0.15) is 0 Å². The minimum atomic E-state index is 0.278. The first kappa shape index (κ1) is 16.3. The molecule has 0 saturated carbocycles. The molecule has 0 aliphatic heterocycles. The Morgan fingerprint density at radius 2 is 1.35 bits per heavy atom. The number of nitrogens with zero attached hydrogens (tertiary/aromatic N) is 4. The summed E-state index contributed by atoms with van der Waals surface area (Å²) in [6.45, 7) is 3.01. The van der Waals surface area contributed by atoms with Crippen molar-refractivity contribution in [3.05, 3.63) is 97.1 Å². The van der Waals surface area contributed by atoms with E-state index < -0.39 is 0 Å². The van der Waals surface area contributed by atoms with E-state index in [0.29, 0.717) is 0 Å². The third kappa shape index (κ3) is 3.58. The maximum absolute atomic E-state index is 4.09. The van der Waals surface area contributed by atoms with Gasteiger partial charge in [-0.3, -0.25) is 0 Å². The molecule has 1 N–H and O–H groups in total. The molecule has 2 aromatic heterocycles. The fourth-order valence-electron chi connectivity index (χ4n) is 2.93. The van der Waals surface area contributed by atoms with Crippen LogP contribution in [0.1, 0.15) is 24.1 Å². The maximum atomic E-state index is 4.09. The molecule has 0 bridgehead atoms. The van der Waals surface area contributed by atoms with E-state index >= 15 is 0 Å². The van der Waals surface area contributed by atoms with E-state index in [1.807, 2.05) is 34.2 Å². The predicted molar refractivity (Wildman–Crippen MR) is 102 cm³/mol. The molecule has 5 nitrogen and oxygen atoms in total. The molecule has 0 saturated heterocycles. The van der Waals surface area contributed by atoms with Crippen molar-refractivity contribution in [1.29, 1.82) is 0 Å². The van der Waals surface area contributed by atoms with Crippen LogP contribution in [0.4, 0.5) is 0 Å². The summed E-state index contributed by atoms with van der Waals surface area (Å²) in [4.78, 5) is 8.17. The van der Waals surface area contributed by atoms with Gasteiger partial charge in [-0.15, -0.1) is 0 Å². The summed E-state index contributed by atoms with van der Waals surface area (Å²) in [6.07, 6.45) is 11.1. The number of imidazole rings is 2. The van der Waals surface area contributed by atoms with Gasteiger partial charge in [0, 0.05) is 48.7 Å². The topological polar surface area (TPSA) is 47.7 Å². The molecule has 0 aliphatic rings. The van der Waals surface area contributed by atoms with E-state index in [4.69, 9.17) is 0 Å². The van der Waals surface area contributed by atoms with Crippen molar-refractivity contribution in [2.45, 2.75) is 19.5 Å². The van der Waals surface area contributed by atoms with Crippen molar-refractivity contribution in [1.82, 2.24) is 24.4 Å². The fraction of sp³-hybridized carbons (Fsp3) is 0.143. The Kier molecular flexibility index (Phi) is 4.62. The second kappa shape index (κ2) is 7.37. The number of benzene rings is 2. The van der Waals surface area contributed by atoms with Crippen LogP contribution in [0.15, 0.2) is 86.0 Å². The van der Waals surface area contributed by atoms with Gasteiger partial charge in [-0.05, 0) is 42.3 Å². The van der Waals surface area contributed by atoms with Gasteiger partial charge in [-0.25, -0.2) is 9.97 Å². The van der Waals surface area contributed by atoms with Crippen molar-refractivity contribution in [3.8, 4) is 11.4 Å². The third-order valence-electron chi connectivity index (χ3n) is 4.55. The van der Waals surface area contributed by atoms with Crippen LogP contribution in [0.5, 0.6) is 0 Å². The van der Waals surface area contributed by atoms with E-state index in [1.54, 1.807) is 12.4 Å².